The fourth-order valence-electron chi connectivity index (χ4n) is 2.59. The predicted octanol–water partition coefficient (Wildman–Crippen LogP) is 4.17. The van der Waals surface area contributed by atoms with E-state index in [-0.39, 0.29) is 5.91 Å². The molecule has 1 aromatic heterocycles. The highest BCUT2D eigenvalue weighted by Gasteiger charge is 2.18. The maximum atomic E-state index is 12.6. The molecule has 128 valence electrons. The van der Waals surface area contributed by atoms with Gasteiger partial charge in [0.1, 0.15) is 0 Å². The SMILES string of the molecule is CSc1cccc(-n2nnc(C(=O)Nc3cccc(C)c3C)c2C)c1. The van der Waals surface area contributed by atoms with Gasteiger partial charge in [-0.05, 0) is 62.4 Å². The number of carbonyl (C=O) groups excluding carboxylic acids is 1. The van der Waals surface area contributed by atoms with Gasteiger partial charge < -0.3 is 5.32 Å². The van der Waals surface area contributed by atoms with E-state index in [1.165, 1.54) is 0 Å². The van der Waals surface area contributed by atoms with Crippen LogP contribution in [0.5, 0.6) is 0 Å². The van der Waals surface area contributed by atoms with Gasteiger partial charge in [0.15, 0.2) is 5.69 Å². The molecule has 3 aromatic rings. The van der Waals surface area contributed by atoms with E-state index in [1.54, 1.807) is 16.4 Å². The van der Waals surface area contributed by atoms with Gasteiger partial charge in [0.25, 0.3) is 5.91 Å². The van der Waals surface area contributed by atoms with E-state index in [0.29, 0.717) is 11.4 Å². The number of aromatic nitrogens is 3. The lowest BCUT2D eigenvalue weighted by Gasteiger charge is -2.09. The second-order valence-corrected chi connectivity index (χ2v) is 6.72. The first-order valence-corrected chi connectivity index (χ1v) is 9.18. The molecule has 0 spiro atoms. The Morgan fingerprint density at radius 1 is 1.12 bits per heavy atom. The number of anilines is 1. The topological polar surface area (TPSA) is 59.8 Å². The van der Waals surface area contributed by atoms with Gasteiger partial charge in [0.05, 0.1) is 11.4 Å². The van der Waals surface area contributed by atoms with Crippen LogP contribution in [0.15, 0.2) is 47.4 Å². The van der Waals surface area contributed by atoms with Crippen molar-refractivity contribution in [1.82, 2.24) is 15.0 Å². The quantitative estimate of drug-likeness (QED) is 0.716. The van der Waals surface area contributed by atoms with Crippen molar-refractivity contribution in [2.45, 2.75) is 25.7 Å². The average Bonchev–Trinajstić information content (AvgIpc) is 3.00. The van der Waals surface area contributed by atoms with Crippen molar-refractivity contribution >= 4 is 23.4 Å². The summed E-state index contributed by atoms with van der Waals surface area (Å²) in [7, 11) is 0. The van der Waals surface area contributed by atoms with Crippen molar-refractivity contribution in [2.75, 3.05) is 11.6 Å². The fourth-order valence-corrected chi connectivity index (χ4v) is 3.05. The molecule has 3 rings (SSSR count). The van der Waals surface area contributed by atoms with Crippen LogP contribution < -0.4 is 5.32 Å². The second-order valence-electron chi connectivity index (χ2n) is 5.84. The number of amides is 1. The van der Waals surface area contributed by atoms with Gasteiger partial charge in [-0.3, -0.25) is 4.79 Å². The molecule has 0 atom stereocenters. The van der Waals surface area contributed by atoms with Gasteiger partial charge in [0, 0.05) is 10.6 Å². The second kappa shape index (κ2) is 7.11. The molecule has 0 fully saturated rings. The molecule has 0 aliphatic rings. The van der Waals surface area contributed by atoms with E-state index in [0.717, 1.165) is 27.4 Å². The zero-order chi connectivity index (χ0) is 18.0. The largest absolute Gasteiger partial charge is 0.320 e. The molecule has 1 amide bonds. The number of carbonyl (C=O) groups is 1. The molecular weight excluding hydrogens is 332 g/mol. The first-order chi connectivity index (χ1) is 12.0. The van der Waals surface area contributed by atoms with Crippen LogP contribution in [0, 0.1) is 20.8 Å². The summed E-state index contributed by atoms with van der Waals surface area (Å²) in [5, 5.41) is 11.2. The van der Waals surface area contributed by atoms with Gasteiger partial charge in [-0.25, -0.2) is 4.68 Å². The molecular formula is C19H20N4OS. The average molecular weight is 352 g/mol. The Kier molecular flexibility index (Phi) is 4.90. The molecule has 0 radical (unpaired) electrons. The summed E-state index contributed by atoms with van der Waals surface area (Å²) in [6.07, 6.45) is 2.02. The fraction of sp³-hybridized carbons (Fsp3) is 0.211. The van der Waals surface area contributed by atoms with Crippen molar-refractivity contribution in [3.63, 3.8) is 0 Å². The molecule has 1 N–H and O–H groups in total. The van der Waals surface area contributed by atoms with Gasteiger partial charge in [0.2, 0.25) is 0 Å². The molecule has 0 unspecified atom stereocenters. The third kappa shape index (κ3) is 3.44. The van der Waals surface area contributed by atoms with Gasteiger partial charge in [-0.15, -0.1) is 16.9 Å². The molecule has 6 heteroatoms. The normalized spacial score (nSPS) is 10.7. The molecule has 0 aliphatic carbocycles. The Hall–Kier alpha value is -2.60. The molecule has 5 nitrogen and oxygen atoms in total. The number of rotatable bonds is 4. The molecule has 0 aliphatic heterocycles. The first-order valence-electron chi connectivity index (χ1n) is 7.95. The zero-order valence-corrected chi connectivity index (χ0v) is 15.5. The summed E-state index contributed by atoms with van der Waals surface area (Å²) in [5.41, 5.74) is 4.91. The summed E-state index contributed by atoms with van der Waals surface area (Å²) in [5.74, 6) is -0.251. The Balaban J connectivity index is 1.90. The number of hydrogen-bond donors (Lipinski definition) is 1. The molecule has 0 saturated heterocycles. The minimum absolute atomic E-state index is 0.251. The number of thioether (sulfide) groups is 1. The van der Waals surface area contributed by atoms with E-state index < -0.39 is 0 Å². The third-order valence-electron chi connectivity index (χ3n) is 4.26. The van der Waals surface area contributed by atoms with Crippen LogP contribution in [-0.4, -0.2) is 27.2 Å². The Bertz CT molecular complexity index is 933. The van der Waals surface area contributed by atoms with Crippen LogP contribution in [0.1, 0.15) is 27.3 Å². The van der Waals surface area contributed by atoms with Crippen molar-refractivity contribution in [3.8, 4) is 5.69 Å². The van der Waals surface area contributed by atoms with E-state index >= 15 is 0 Å². The van der Waals surface area contributed by atoms with Crippen molar-refractivity contribution in [2.24, 2.45) is 0 Å². The molecule has 25 heavy (non-hydrogen) atoms. The molecule has 0 saturated carbocycles. The highest BCUT2D eigenvalue weighted by molar-refractivity contribution is 7.98. The van der Waals surface area contributed by atoms with E-state index in [1.807, 2.05) is 69.5 Å². The van der Waals surface area contributed by atoms with Crippen LogP contribution in [-0.2, 0) is 0 Å². The highest BCUT2D eigenvalue weighted by Crippen LogP contribution is 2.21. The monoisotopic (exact) mass is 352 g/mol. The van der Waals surface area contributed by atoms with Crippen molar-refractivity contribution in [1.29, 1.82) is 0 Å². The van der Waals surface area contributed by atoms with Gasteiger partial charge >= 0.3 is 0 Å². The van der Waals surface area contributed by atoms with Gasteiger partial charge in [-0.2, -0.15) is 0 Å². The lowest BCUT2D eigenvalue weighted by molar-refractivity contribution is 0.102. The highest BCUT2D eigenvalue weighted by atomic mass is 32.2. The summed E-state index contributed by atoms with van der Waals surface area (Å²) in [6.45, 7) is 5.86. The van der Waals surface area contributed by atoms with Crippen LogP contribution in [0.25, 0.3) is 5.69 Å². The van der Waals surface area contributed by atoms with Crippen LogP contribution in [0.2, 0.25) is 0 Å². The minimum Gasteiger partial charge on any atom is -0.320 e. The molecule has 2 aromatic carbocycles. The van der Waals surface area contributed by atoms with Crippen molar-refractivity contribution in [3.05, 3.63) is 65.0 Å². The summed E-state index contributed by atoms with van der Waals surface area (Å²) < 4.78 is 1.69. The first kappa shape index (κ1) is 17.2. The smallest absolute Gasteiger partial charge is 0.278 e. The number of nitrogens with one attached hydrogen (secondary N) is 1. The zero-order valence-electron chi connectivity index (χ0n) is 14.7. The van der Waals surface area contributed by atoms with Crippen molar-refractivity contribution < 1.29 is 4.79 Å². The van der Waals surface area contributed by atoms with Gasteiger partial charge in [-0.1, -0.05) is 23.4 Å². The lowest BCUT2D eigenvalue weighted by atomic mass is 10.1. The number of benzene rings is 2. The van der Waals surface area contributed by atoms with Crippen LogP contribution in [0.4, 0.5) is 5.69 Å². The Morgan fingerprint density at radius 3 is 2.64 bits per heavy atom. The van der Waals surface area contributed by atoms with E-state index in [2.05, 4.69) is 15.6 Å². The maximum absolute atomic E-state index is 12.6. The summed E-state index contributed by atoms with van der Waals surface area (Å²) in [6, 6.07) is 13.8. The Labute approximate surface area is 151 Å². The maximum Gasteiger partial charge on any atom is 0.278 e. The number of hydrogen-bond acceptors (Lipinski definition) is 4. The predicted molar refractivity (Wildman–Crippen MR) is 102 cm³/mol. The lowest BCUT2D eigenvalue weighted by Crippen LogP contribution is -2.15. The van der Waals surface area contributed by atoms with E-state index in [9.17, 15) is 4.79 Å². The van der Waals surface area contributed by atoms with E-state index in [4.69, 9.17) is 0 Å². The standard InChI is InChI=1S/C19H20N4OS/c1-12-7-5-10-17(13(12)2)20-19(24)18-14(3)23(22-21-18)15-8-6-9-16(11-15)25-4/h5-11H,1-4H3,(H,20,24). The molecule has 1 heterocycles. The molecule has 0 bridgehead atoms. The third-order valence-corrected chi connectivity index (χ3v) is 4.99. The van der Waals surface area contributed by atoms with Crippen LogP contribution >= 0.6 is 11.8 Å². The van der Waals surface area contributed by atoms with Crippen LogP contribution in [0.3, 0.4) is 0 Å². The summed E-state index contributed by atoms with van der Waals surface area (Å²) >= 11 is 1.66. The minimum atomic E-state index is -0.251. The number of nitrogens with zero attached hydrogens (tertiary/aromatic N) is 3. The summed E-state index contributed by atoms with van der Waals surface area (Å²) in [4.78, 5) is 13.8. The number of aryl methyl sites for hydroxylation is 1. The Morgan fingerprint density at radius 2 is 1.88 bits per heavy atom.